The molecular weight excluding hydrogens is 247 g/mol. The summed E-state index contributed by atoms with van der Waals surface area (Å²) >= 11 is 0. The SMILES string of the molecule is COCCc1ccccc1Nc1nc(N)ncc1F. The van der Waals surface area contributed by atoms with Crippen molar-refractivity contribution >= 4 is 17.5 Å². The lowest BCUT2D eigenvalue weighted by atomic mass is 10.1. The lowest BCUT2D eigenvalue weighted by Gasteiger charge is -2.11. The number of nitrogen functional groups attached to an aromatic ring is 1. The van der Waals surface area contributed by atoms with Crippen LogP contribution in [0.25, 0.3) is 0 Å². The Morgan fingerprint density at radius 3 is 2.95 bits per heavy atom. The van der Waals surface area contributed by atoms with Crippen LogP contribution in [0.1, 0.15) is 5.56 Å². The predicted molar refractivity (Wildman–Crippen MR) is 71.7 cm³/mol. The molecule has 0 spiro atoms. The van der Waals surface area contributed by atoms with Crippen LogP contribution < -0.4 is 11.1 Å². The van der Waals surface area contributed by atoms with Crippen LogP contribution in [0.15, 0.2) is 30.5 Å². The molecule has 6 heteroatoms. The molecule has 2 rings (SSSR count). The van der Waals surface area contributed by atoms with Gasteiger partial charge in [-0.1, -0.05) is 18.2 Å². The minimum absolute atomic E-state index is 0.0262. The number of halogens is 1. The Morgan fingerprint density at radius 1 is 1.37 bits per heavy atom. The average molecular weight is 262 g/mol. The van der Waals surface area contributed by atoms with Gasteiger partial charge in [0.2, 0.25) is 5.95 Å². The summed E-state index contributed by atoms with van der Waals surface area (Å²) < 4.78 is 18.6. The van der Waals surface area contributed by atoms with E-state index in [2.05, 4.69) is 15.3 Å². The van der Waals surface area contributed by atoms with E-state index in [1.807, 2.05) is 24.3 Å². The maximum Gasteiger partial charge on any atom is 0.222 e. The molecule has 1 heterocycles. The number of nitrogens with one attached hydrogen (secondary N) is 1. The van der Waals surface area contributed by atoms with E-state index in [0.29, 0.717) is 6.61 Å². The van der Waals surface area contributed by atoms with Crippen molar-refractivity contribution in [3.8, 4) is 0 Å². The second kappa shape index (κ2) is 6.10. The number of ether oxygens (including phenoxy) is 1. The van der Waals surface area contributed by atoms with Crippen LogP contribution in [0.3, 0.4) is 0 Å². The third-order valence-corrected chi connectivity index (χ3v) is 2.61. The third-order valence-electron chi connectivity index (χ3n) is 2.61. The van der Waals surface area contributed by atoms with Crippen molar-refractivity contribution in [1.29, 1.82) is 0 Å². The summed E-state index contributed by atoms with van der Waals surface area (Å²) in [6.45, 7) is 0.590. The summed E-state index contributed by atoms with van der Waals surface area (Å²) in [6, 6.07) is 7.58. The maximum absolute atomic E-state index is 13.6. The Labute approximate surface area is 110 Å². The van der Waals surface area contributed by atoms with Gasteiger partial charge >= 0.3 is 0 Å². The number of anilines is 3. The standard InChI is InChI=1S/C13H15FN4O/c1-19-7-6-9-4-2-3-5-11(9)17-12-10(14)8-16-13(15)18-12/h2-5,8H,6-7H2,1H3,(H3,15,16,17,18). The predicted octanol–water partition coefficient (Wildman–Crippen LogP) is 2.13. The van der Waals surface area contributed by atoms with Crippen molar-refractivity contribution < 1.29 is 9.13 Å². The first kappa shape index (κ1) is 13.2. The zero-order valence-electron chi connectivity index (χ0n) is 10.6. The van der Waals surface area contributed by atoms with E-state index in [1.54, 1.807) is 7.11 Å². The normalized spacial score (nSPS) is 10.4. The number of rotatable bonds is 5. The topological polar surface area (TPSA) is 73.1 Å². The van der Waals surface area contributed by atoms with E-state index >= 15 is 0 Å². The zero-order valence-corrected chi connectivity index (χ0v) is 10.6. The monoisotopic (exact) mass is 262 g/mol. The minimum atomic E-state index is -0.546. The fourth-order valence-electron chi connectivity index (χ4n) is 1.67. The van der Waals surface area contributed by atoms with Gasteiger partial charge in [0.15, 0.2) is 11.6 Å². The van der Waals surface area contributed by atoms with Gasteiger partial charge in [0, 0.05) is 12.8 Å². The number of nitrogens with two attached hydrogens (primary N) is 1. The smallest absolute Gasteiger partial charge is 0.222 e. The van der Waals surface area contributed by atoms with Gasteiger partial charge in [-0.05, 0) is 18.1 Å². The number of methoxy groups -OCH3 is 1. The Bertz CT molecular complexity index is 562. The molecule has 0 aliphatic carbocycles. The van der Waals surface area contributed by atoms with Gasteiger partial charge in [-0.25, -0.2) is 9.37 Å². The highest BCUT2D eigenvalue weighted by Crippen LogP contribution is 2.22. The van der Waals surface area contributed by atoms with Gasteiger partial charge in [-0.15, -0.1) is 0 Å². The Balaban J connectivity index is 2.25. The molecule has 0 aliphatic rings. The summed E-state index contributed by atoms with van der Waals surface area (Å²) in [5.74, 6) is -0.452. The van der Waals surface area contributed by atoms with Crippen LogP contribution in [0.4, 0.5) is 21.8 Å². The molecular formula is C13H15FN4O. The van der Waals surface area contributed by atoms with E-state index in [9.17, 15) is 4.39 Å². The van der Waals surface area contributed by atoms with Gasteiger partial charge in [0.1, 0.15) is 0 Å². The number of para-hydroxylation sites is 1. The van der Waals surface area contributed by atoms with Gasteiger partial charge < -0.3 is 15.8 Å². The maximum atomic E-state index is 13.6. The summed E-state index contributed by atoms with van der Waals surface area (Å²) in [5, 5.41) is 2.93. The number of aromatic nitrogens is 2. The van der Waals surface area contributed by atoms with Crippen molar-refractivity contribution in [3.05, 3.63) is 41.8 Å². The highest BCUT2D eigenvalue weighted by Gasteiger charge is 2.08. The Kier molecular flexibility index (Phi) is 4.25. The minimum Gasteiger partial charge on any atom is -0.384 e. The molecule has 3 N–H and O–H groups in total. The first-order valence-corrected chi connectivity index (χ1v) is 5.82. The van der Waals surface area contributed by atoms with Crippen LogP contribution in [0.5, 0.6) is 0 Å². The number of benzene rings is 1. The molecule has 0 aliphatic heterocycles. The molecule has 0 atom stereocenters. The van der Waals surface area contributed by atoms with Crippen LogP contribution >= 0.6 is 0 Å². The van der Waals surface area contributed by atoms with Crippen molar-refractivity contribution in [2.45, 2.75) is 6.42 Å². The lowest BCUT2D eigenvalue weighted by molar-refractivity contribution is 0.202. The van der Waals surface area contributed by atoms with Crippen molar-refractivity contribution in [2.75, 3.05) is 24.8 Å². The van der Waals surface area contributed by atoms with E-state index in [1.165, 1.54) is 0 Å². The average Bonchev–Trinajstić information content (AvgIpc) is 2.42. The van der Waals surface area contributed by atoms with Gasteiger partial charge in [-0.3, -0.25) is 0 Å². The molecule has 0 saturated carbocycles. The molecule has 1 aromatic carbocycles. The highest BCUT2D eigenvalue weighted by molar-refractivity contribution is 5.61. The second-order valence-corrected chi connectivity index (χ2v) is 3.95. The molecule has 0 bridgehead atoms. The van der Waals surface area contributed by atoms with Crippen LogP contribution in [-0.2, 0) is 11.2 Å². The Morgan fingerprint density at radius 2 is 2.16 bits per heavy atom. The van der Waals surface area contributed by atoms with Crippen LogP contribution in [-0.4, -0.2) is 23.7 Å². The Hall–Kier alpha value is -2.21. The first-order chi connectivity index (χ1) is 9.20. The van der Waals surface area contributed by atoms with E-state index in [-0.39, 0.29) is 11.8 Å². The number of hydrogen-bond donors (Lipinski definition) is 2. The molecule has 0 saturated heterocycles. The summed E-state index contributed by atoms with van der Waals surface area (Å²) in [5.41, 5.74) is 7.24. The van der Waals surface area contributed by atoms with Crippen LogP contribution in [0.2, 0.25) is 0 Å². The van der Waals surface area contributed by atoms with E-state index in [4.69, 9.17) is 10.5 Å². The van der Waals surface area contributed by atoms with Crippen molar-refractivity contribution in [1.82, 2.24) is 9.97 Å². The fourth-order valence-corrected chi connectivity index (χ4v) is 1.67. The summed E-state index contributed by atoms with van der Waals surface area (Å²) in [6.07, 6.45) is 1.77. The largest absolute Gasteiger partial charge is 0.384 e. The second-order valence-electron chi connectivity index (χ2n) is 3.95. The fraction of sp³-hybridized carbons (Fsp3) is 0.231. The lowest BCUT2D eigenvalue weighted by Crippen LogP contribution is -2.05. The molecule has 0 unspecified atom stereocenters. The van der Waals surface area contributed by atoms with Gasteiger partial charge in [0.25, 0.3) is 0 Å². The molecule has 100 valence electrons. The molecule has 0 amide bonds. The number of hydrogen-bond acceptors (Lipinski definition) is 5. The molecule has 5 nitrogen and oxygen atoms in total. The van der Waals surface area contributed by atoms with Gasteiger partial charge in [0.05, 0.1) is 12.8 Å². The molecule has 0 fully saturated rings. The molecule has 2 aromatic rings. The quantitative estimate of drug-likeness (QED) is 0.863. The van der Waals surface area contributed by atoms with Crippen molar-refractivity contribution in [2.24, 2.45) is 0 Å². The first-order valence-electron chi connectivity index (χ1n) is 5.82. The highest BCUT2D eigenvalue weighted by atomic mass is 19.1. The summed E-state index contributed by atoms with van der Waals surface area (Å²) in [7, 11) is 1.64. The van der Waals surface area contributed by atoms with Gasteiger partial charge in [-0.2, -0.15) is 4.98 Å². The number of nitrogens with zero attached hydrogens (tertiary/aromatic N) is 2. The zero-order chi connectivity index (χ0) is 13.7. The molecule has 19 heavy (non-hydrogen) atoms. The molecule has 1 aromatic heterocycles. The summed E-state index contributed by atoms with van der Waals surface area (Å²) in [4.78, 5) is 7.42. The van der Waals surface area contributed by atoms with Crippen LogP contribution in [0, 0.1) is 5.82 Å². The molecule has 0 radical (unpaired) electrons. The third kappa shape index (κ3) is 3.38. The van der Waals surface area contributed by atoms with Crippen molar-refractivity contribution in [3.63, 3.8) is 0 Å². The van der Waals surface area contributed by atoms with E-state index in [0.717, 1.165) is 23.9 Å². The van der Waals surface area contributed by atoms with E-state index < -0.39 is 5.82 Å².